The number of carbonyl (C=O) groups excluding carboxylic acids is 1. The van der Waals surface area contributed by atoms with Gasteiger partial charge in [0.2, 0.25) is 0 Å². The Labute approximate surface area is 234 Å². The molecule has 1 aliphatic rings. The smallest absolute Gasteiger partial charge is 0.338 e. The Morgan fingerprint density at radius 3 is 2.55 bits per heavy atom. The highest BCUT2D eigenvalue weighted by Gasteiger charge is 2.33. The molecule has 0 saturated heterocycles. The second-order valence-electron chi connectivity index (χ2n) is 9.15. The third kappa shape index (κ3) is 5.85. The van der Waals surface area contributed by atoms with E-state index in [1.165, 1.54) is 16.9 Å². The van der Waals surface area contributed by atoms with Gasteiger partial charge in [0, 0.05) is 7.11 Å². The van der Waals surface area contributed by atoms with Crippen molar-refractivity contribution in [3.8, 4) is 5.75 Å². The number of fused-ring (bicyclic) bond motifs is 1. The Hall–Kier alpha value is -3.01. The molecule has 9 heteroatoms. The van der Waals surface area contributed by atoms with Gasteiger partial charge in [-0.15, -0.1) is 0 Å². The highest BCUT2D eigenvalue weighted by molar-refractivity contribution is 9.10. The molecule has 1 aromatic heterocycles. The number of ether oxygens (including phenoxy) is 3. The molecule has 1 unspecified atom stereocenters. The highest BCUT2D eigenvalue weighted by atomic mass is 79.9. The molecule has 0 fully saturated rings. The van der Waals surface area contributed by atoms with Crippen LogP contribution in [0.15, 0.2) is 68.0 Å². The normalized spacial score (nSPS) is 15.4. The van der Waals surface area contributed by atoms with E-state index in [1.54, 1.807) is 18.6 Å². The zero-order chi connectivity index (χ0) is 27.4. The van der Waals surface area contributed by atoms with Gasteiger partial charge in [-0.2, -0.15) is 0 Å². The number of esters is 1. The number of aromatic nitrogens is 1. The van der Waals surface area contributed by atoms with Crippen LogP contribution in [-0.2, 0) is 14.3 Å². The Morgan fingerprint density at radius 2 is 1.92 bits per heavy atom. The van der Waals surface area contributed by atoms with Crippen molar-refractivity contribution in [2.75, 3.05) is 26.9 Å². The van der Waals surface area contributed by atoms with Gasteiger partial charge in [0.1, 0.15) is 12.4 Å². The zero-order valence-electron chi connectivity index (χ0n) is 22.1. The van der Waals surface area contributed by atoms with E-state index in [4.69, 9.17) is 14.2 Å². The number of hydrogen-bond donors (Lipinski definition) is 0. The first kappa shape index (κ1) is 28.0. The summed E-state index contributed by atoms with van der Waals surface area (Å²) < 4.78 is 19.1. The van der Waals surface area contributed by atoms with Gasteiger partial charge in [-0.25, -0.2) is 9.79 Å². The minimum atomic E-state index is -0.656. The molecular formula is C29H31BrN2O5S. The standard InChI is InChI=1S/C29H31BrN2O5S/c1-6-36-23-12-7-19(15-22(23)30)16-24-27(33)32-26(21-10-8-20(9-11-21)17(2)3)25(18(4)31-29(32)38-24)28(34)37-14-13-35-5/h7-12,15-17,26H,6,13-14H2,1-5H3. The molecule has 0 amide bonds. The summed E-state index contributed by atoms with van der Waals surface area (Å²) in [5.74, 6) is 0.587. The number of hydrogen-bond acceptors (Lipinski definition) is 7. The van der Waals surface area contributed by atoms with Gasteiger partial charge >= 0.3 is 5.97 Å². The van der Waals surface area contributed by atoms with Crippen LogP contribution in [0.4, 0.5) is 0 Å². The van der Waals surface area contributed by atoms with Gasteiger partial charge in [-0.05, 0) is 70.6 Å². The van der Waals surface area contributed by atoms with Crippen molar-refractivity contribution in [2.45, 2.75) is 39.7 Å². The van der Waals surface area contributed by atoms with Crippen LogP contribution in [0.25, 0.3) is 6.08 Å². The first-order valence-corrected chi connectivity index (χ1v) is 14.1. The number of thiazole rings is 1. The molecule has 3 aromatic rings. The van der Waals surface area contributed by atoms with E-state index in [9.17, 15) is 9.59 Å². The second kappa shape index (κ2) is 12.2. The topological polar surface area (TPSA) is 79.1 Å². The number of benzene rings is 2. The minimum Gasteiger partial charge on any atom is -0.493 e. The van der Waals surface area contributed by atoms with Crippen molar-refractivity contribution in [2.24, 2.45) is 4.99 Å². The lowest BCUT2D eigenvalue weighted by Gasteiger charge is -2.25. The molecule has 1 atom stereocenters. The summed E-state index contributed by atoms with van der Waals surface area (Å²) in [5, 5.41) is 0. The molecule has 7 nitrogen and oxygen atoms in total. The average molecular weight is 600 g/mol. The molecule has 0 aliphatic carbocycles. The molecule has 0 bridgehead atoms. The number of carbonyl (C=O) groups is 1. The fraction of sp³-hybridized carbons (Fsp3) is 0.345. The number of allylic oxidation sites excluding steroid dienone is 1. The molecule has 2 aromatic carbocycles. The summed E-state index contributed by atoms with van der Waals surface area (Å²) in [5.41, 5.74) is 3.50. The van der Waals surface area contributed by atoms with Crippen LogP contribution >= 0.6 is 27.3 Å². The van der Waals surface area contributed by atoms with E-state index in [0.29, 0.717) is 33.1 Å². The molecule has 1 aliphatic heterocycles. The van der Waals surface area contributed by atoms with Gasteiger partial charge in [0.05, 0.1) is 39.5 Å². The molecule has 2 heterocycles. The summed E-state index contributed by atoms with van der Waals surface area (Å²) in [6, 6.07) is 13.1. The maximum absolute atomic E-state index is 13.8. The summed E-state index contributed by atoms with van der Waals surface area (Å²) >= 11 is 4.84. The van der Waals surface area contributed by atoms with E-state index in [-0.39, 0.29) is 18.8 Å². The SMILES string of the molecule is CCOc1ccc(C=c2sc3n(c2=O)C(c2ccc(C(C)C)cc2)C(C(=O)OCCOC)=C(C)N=3)cc1Br. The van der Waals surface area contributed by atoms with E-state index in [2.05, 4.69) is 34.8 Å². The predicted octanol–water partition coefficient (Wildman–Crippen LogP) is 4.71. The quantitative estimate of drug-likeness (QED) is 0.263. The summed E-state index contributed by atoms with van der Waals surface area (Å²) in [4.78, 5) is 32.3. The van der Waals surface area contributed by atoms with E-state index in [1.807, 2.05) is 55.5 Å². The number of methoxy groups -OCH3 is 1. The van der Waals surface area contributed by atoms with Crippen LogP contribution in [0.3, 0.4) is 0 Å². The van der Waals surface area contributed by atoms with Crippen molar-refractivity contribution in [1.82, 2.24) is 4.57 Å². The monoisotopic (exact) mass is 598 g/mol. The molecule has 0 saturated carbocycles. The lowest BCUT2D eigenvalue weighted by molar-refractivity contribution is -0.140. The maximum atomic E-state index is 13.8. The molecule has 4 rings (SSSR count). The van der Waals surface area contributed by atoms with E-state index >= 15 is 0 Å². The van der Waals surface area contributed by atoms with Crippen molar-refractivity contribution in [3.05, 3.63) is 94.6 Å². The van der Waals surface area contributed by atoms with Gasteiger partial charge in [0.25, 0.3) is 5.56 Å². The minimum absolute atomic E-state index is 0.113. The fourth-order valence-corrected chi connectivity index (χ4v) is 5.85. The van der Waals surface area contributed by atoms with Gasteiger partial charge in [0.15, 0.2) is 4.80 Å². The summed E-state index contributed by atoms with van der Waals surface area (Å²) in [6.45, 7) is 8.91. The van der Waals surface area contributed by atoms with Crippen LogP contribution in [-0.4, -0.2) is 37.5 Å². The van der Waals surface area contributed by atoms with Crippen molar-refractivity contribution in [1.29, 1.82) is 0 Å². The third-order valence-electron chi connectivity index (χ3n) is 6.23. The number of rotatable bonds is 9. The van der Waals surface area contributed by atoms with Crippen LogP contribution in [0, 0.1) is 0 Å². The molecule has 38 heavy (non-hydrogen) atoms. The van der Waals surface area contributed by atoms with Crippen molar-refractivity contribution >= 4 is 39.3 Å². The Kier molecular flexibility index (Phi) is 9.02. The van der Waals surface area contributed by atoms with Crippen molar-refractivity contribution < 1.29 is 19.0 Å². The Balaban J connectivity index is 1.85. The van der Waals surface area contributed by atoms with Crippen LogP contribution in [0.5, 0.6) is 5.75 Å². The predicted molar refractivity (Wildman–Crippen MR) is 152 cm³/mol. The lowest BCUT2D eigenvalue weighted by atomic mass is 9.93. The number of halogens is 1. The number of nitrogens with zero attached hydrogens (tertiary/aromatic N) is 2. The lowest BCUT2D eigenvalue weighted by Crippen LogP contribution is -2.40. The van der Waals surface area contributed by atoms with Crippen LogP contribution in [0.1, 0.15) is 56.3 Å². The molecule has 0 spiro atoms. The largest absolute Gasteiger partial charge is 0.493 e. The first-order valence-electron chi connectivity index (χ1n) is 12.5. The fourth-order valence-electron chi connectivity index (χ4n) is 4.29. The van der Waals surface area contributed by atoms with Gasteiger partial charge in [-0.1, -0.05) is 55.5 Å². The Morgan fingerprint density at radius 1 is 1.18 bits per heavy atom. The first-order chi connectivity index (χ1) is 18.2. The second-order valence-corrected chi connectivity index (χ2v) is 11.0. The van der Waals surface area contributed by atoms with E-state index in [0.717, 1.165) is 21.3 Å². The van der Waals surface area contributed by atoms with Gasteiger partial charge < -0.3 is 14.2 Å². The highest BCUT2D eigenvalue weighted by Crippen LogP contribution is 2.32. The van der Waals surface area contributed by atoms with Gasteiger partial charge in [-0.3, -0.25) is 9.36 Å². The molecule has 0 N–H and O–H groups in total. The van der Waals surface area contributed by atoms with E-state index < -0.39 is 12.0 Å². The molecule has 200 valence electrons. The average Bonchev–Trinajstić information content (AvgIpc) is 3.19. The zero-order valence-corrected chi connectivity index (χ0v) is 24.5. The summed E-state index contributed by atoms with van der Waals surface area (Å²) in [6.07, 6.45) is 1.83. The molecule has 0 radical (unpaired) electrons. The Bertz CT molecular complexity index is 1540. The molecular weight excluding hydrogens is 568 g/mol. The van der Waals surface area contributed by atoms with Crippen molar-refractivity contribution in [3.63, 3.8) is 0 Å². The summed E-state index contributed by atoms with van der Waals surface area (Å²) in [7, 11) is 1.55. The van der Waals surface area contributed by atoms with Crippen LogP contribution < -0.4 is 19.6 Å². The van der Waals surface area contributed by atoms with Crippen LogP contribution in [0.2, 0.25) is 0 Å². The third-order valence-corrected chi connectivity index (χ3v) is 7.84. The maximum Gasteiger partial charge on any atom is 0.338 e.